The van der Waals surface area contributed by atoms with E-state index in [1.54, 1.807) is 17.0 Å². The Bertz CT molecular complexity index is 799. The molecular formula is C21H24FN3O2. The number of nitrogens with one attached hydrogen (secondary N) is 1. The molecule has 1 fully saturated rings. The number of carbonyl (C=O) groups excluding carboxylic acids is 2. The number of aryl methyl sites for hydroxylation is 1. The summed E-state index contributed by atoms with van der Waals surface area (Å²) in [6.07, 6.45) is 0.331. The molecule has 0 saturated carbocycles. The lowest BCUT2D eigenvalue weighted by atomic mass is 10.2. The Morgan fingerprint density at radius 1 is 0.963 bits per heavy atom. The molecule has 0 radical (unpaired) electrons. The van der Waals surface area contributed by atoms with E-state index < -0.39 is 0 Å². The van der Waals surface area contributed by atoms with Crippen molar-refractivity contribution in [2.45, 2.75) is 19.8 Å². The van der Waals surface area contributed by atoms with E-state index in [1.165, 1.54) is 6.07 Å². The van der Waals surface area contributed by atoms with Crippen molar-refractivity contribution in [3.63, 3.8) is 0 Å². The molecule has 0 atom stereocenters. The first-order chi connectivity index (χ1) is 13.0. The van der Waals surface area contributed by atoms with Crippen molar-refractivity contribution < 1.29 is 14.0 Å². The third-order valence-corrected chi connectivity index (χ3v) is 4.73. The first-order valence-corrected chi connectivity index (χ1v) is 9.17. The fourth-order valence-electron chi connectivity index (χ4n) is 3.14. The number of anilines is 2. The number of hydrogen-bond acceptors (Lipinski definition) is 3. The van der Waals surface area contributed by atoms with Crippen molar-refractivity contribution in [2.24, 2.45) is 0 Å². The van der Waals surface area contributed by atoms with Gasteiger partial charge in [0.15, 0.2) is 0 Å². The van der Waals surface area contributed by atoms with Gasteiger partial charge in [-0.1, -0.05) is 29.8 Å². The highest BCUT2D eigenvalue weighted by atomic mass is 19.1. The Balaban J connectivity index is 1.43. The lowest BCUT2D eigenvalue weighted by Gasteiger charge is -2.36. The Morgan fingerprint density at radius 3 is 2.30 bits per heavy atom. The van der Waals surface area contributed by atoms with Crippen molar-refractivity contribution >= 4 is 23.2 Å². The van der Waals surface area contributed by atoms with Crippen LogP contribution in [0.3, 0.4) is 0 Å². The molecule has 27 heavy (non-hydrogen) atoms. The zero-order valence-corrected chi connectivity index (χ0v) is 15.5. The molecule has 2 aromatic carbocycles. The van der Waals surface area contributed by atoms with Gasteiger partial charge >= 0.3 is 0 Å². The van der Waals surface area contributed by atoms with Crippen LogP contribution in [-0.4, -0.2) is 42.9 Å². The van der Waals surface area contributed by atoms with Gasteiger partial charge in [-0.05, 0) is 31.2 Å². The Kier molecular flexibility index (Phi) is 6.06. The predicted octanol–water partition coefficient (Wildman–Crippen LogP) is 3.20. The molecule has 0 spiro atoms. The van der Waals surface area contributed by atoms with E-state index in [1.807, 2.05) is 42.2 Å². The van der Waals surface area contributed by atoms with Crippen LogP contribution in [0, 0.1) is 12.7 Å². The molecule has 0 aliphatic carbocycles. The number of amides is 2. The third kappa shape index (κ3) is 5.06. The molecule has 0 bridgehead atoms. The number of benzene rings is 2. The summed E-state index contributed by atoms with van der Waals surface area (Å²) in [5, 5.41) is 2.80. The molecule has 3 rings (SSSR count). The second-order valence-corrected chi connectivity index (χ2v) is 6.73. The highest BCUT2D eigenvalue weighted by molar-refractivity contribution is 5.93. The fourth-order valence-corrected chi connectivity index (χ4v) is 3.14. The standard InChI is InChI=1S/C21H24FN3O2/c1-16-6-8-17(9-7-16)23-20(26)10-11-21(27)25-14-12-24(13-15-25)19-5-3-2-4-18(19)22/h2-9H,10-15H2,1H3,(H,23,26). The molecule has 2 amide bonds. The van der Waals surface area contributed by atoms with Crippen LogP contribution in [0.1, 0.15) is 18.4 Å². The fraction of sp³-hybridized carbons (Fsp3) is 0.333. The number of hydrogen-bond donors (Lipinski definition) is 1. The number of nitrogens with zero attached hydrogens (tertiary/aromatic N) is 2. The van der Waals surface area contributed by atoms with Crippen molar-refractivity contribution in [3.8, 4) is 0 Å². The van der Waals surface area contributed by atoms with Gasteiger partial charge in [-0.25, -0.2) is 4.39 Å². The van der Waals surface area contributed by atoms with Crippen LogP contribution in [0.25, 0.3) is 0 Å². The van der Waals surface area contributed by atoms with Crippen LogP contribution in [-0.2, 0) is 9.59 Å². The Hall–Kier alpha value is -2.89. The van der Waals surface area contributed by atoms with E-state index in [-0.39, 0.29) is 30.5 Å². The first-order valence-electron chi connectivity index (χ1n) is 9.17. The smallest absolute Gasteiger partial charge is 0.224 e. The third-order valence-electron chi connectivity index (χ3n) is 4.73. The summed E-state index contributed by atoms with van der Waals surface area (Å²) in [5.74, 6) is -0.454. The quantitative estimate of drug-likeness (QED) is 0.881. The van der Waals surface area contributed by atoms with E-state index in [0.717, 1.165) is 11.3 Å². The SMILES string of the molecule is Cc1ccc(NC(=O)CCC(=O)N2CCN(c3ccccc3F)CC2)cc1. The summed E-state index contributed by atoms with van der Waals surface area (Å²) in [4.78, 5) is 28.1. The minimum absolute atomic E-state index is 0.0396. The minimum Gasteiger partial charge on any atom is -0.366 e. The molecule has 2 aromatic rings. The highest BCUT2D eigenvalue weighted by Gasteiger charge is 2.22. The largest absolute Gasteiger partial charge is 0.366 e. The van der Waals surface area contributed by atoms with Gasteiger partial charge in [0, 0.05) is 44.7 Å². The number of halogens is 1. The van der Waals surface area contributed by atoms with Crippen LogP contribution in [0.5, 0.6) is 0 Å². The van der Waals surface area contributed by atoms with Crippen LogP contribution in [0.2, 0.25) is 0 Å². The topological polar surface area (TPSA) is 52.7 Å². The molecule has 6 heteroatoms. The van der Waals surface area contributed by atoms with Gasteiger partial charge in [0.2, 0.25) is 11.8 Å². The van der Waals surface area contributed by atoms with Gasteiger partial charge in [-0.2, -0.15) is 0 Å². The Labute approximate surface area is 158 Å². The second kappa shape index (κ2) is 8.66. The maximum absolute atomic E-state index is 13.9. The number of para-hydroxylation sites is 1. The molecule has 142 valence electrons. The van der Waals surface area contributed by atoms with Gasteiger partial charge < -0.3 is 15.1 Å². The van der Waals surface area contributed by atoms with Gasteiger partial charge in [0.05, 0.1) is 5.69 Å². The number of rotatable bonds is 5. The van der Waals surface area contributed by atoms with E-state index in [9.17, 15) is 14.0 Å². The number of carbonyl (C=O) groups is 2. The van der Waals surface area contributed by atoms with Crippen LogP contribution >= 0.6 is 0 Å². The summed E-state index contributed by atoms with van der Waals surface area (Å²) < 4.78 is 13.9. The molecule has 1 heterocycles. The van der Waals surface area contributed by atoms with Crippen LogP contribution in [0.15, 0.2) is 48.5 Å². The normalized spacial score (nSPS) is 14.1. The zero-order chi connectivity index (χ0) is 19.2. The predicted molar refractivity (Wildman–Crippen MR) is 104 cm³/mol. The maximum Gasteiger partial charge on any atom is 0.224 e. The molecule has 0 unspecified atom stereocenters. The average molecular weight is 369 g/mol. The van der Waals surface area contributed by atoms with Gasteiger partial charge in [0.1, 0.15) is 5.82 Å². The number of piperazine rings is 1. The average Bonchev–Trinajstić information content (AvgIpc) is 2.68. The minimum atomic E-state index is -0.245. The van der Waals surface area contributed by atoms with Crippen molar-refractivity contribution in [1.82, 2.24) is 4.90 Å². The summed E-state index contributed by atoms with van der Waals surface area (Å²) in [6, 6.07) is 14.2. The van der Waals surface area contributed by atoms with Gasteiger partial charge in [-0.15, -0.1) is 0 Å². The van der Waals surface area contributed by atoms with E-state index in [2.05, 4.69) is 5.32 Å². The van der Waals surface area contributed by atoms with E-state index in [4.69, 9.17) is 0 Å². The van der Waals surface area contributed by atoms with Crippen molar-refractivity contribution in [2.75, 3.05) is 36.4 Å². The lowest BCUT2D eigenvalue weighted by molar-refractivity contribution is -0.133. The van der Waals surface area contributed by atoms with Crippen molar-refractivity contribution in [3.05, 3.63) is 59.9 Å². The lowest BCUT2D eigenvalue weighted by Crippen LogP contribution is -2.49. The van der Waals surface area contributed by atoms with Gasteiger partial charge in [0.25, 0.3) is 0 Å². The summed E-state index contributed by atoms with van der Waals surface area (Å²) in [6.45, 7) is 4.22. The van der Waals surface area contributed by atoms with Crippen molar-refractivity contribution in [1.29, 1.82) is 0 Å². The molecular weight excluding hydrogens is 345 g/mol. The molecule has 0 aromatic heterocycles. The van der Waals surface area contributed by atoms with Gasteiger partial charge in [-0.3, -0.25) is 9.59 Å². The highest BCUT2D eigenvalue weighted by Crippen LogP contribution is 2.20. The molecule has 5 nitrogen and oxygen atoms in total. The summed E-state index contributed by atoms with van der Waals surface area (Å²) in [5.41, 5.74) is 2.43. The second-order valence-electron chi connectivity index (χ2n) is 6.73. The Morgan fingerprint density at radius 2 is 1.63 bits per heavy atom. The molecule has 1 saturated heterocycles. The molecule has 1 aliphatic rings. The zero-order valence-electron chi connectivity index (χ0n) is 15.5. The van der Waals surface area contributed by atoms with Crippen LogP contribution < -0.4 is 10.2 Å². The summed E-state index contributed by atoms with van der Waals surface area (Å²) >= 11 is 0. The monoisotopic (exact) mass is 369 g/mol. The van der Waals surface area contributed by atoms with Crippen LogP contribution in [0.4, 0.5) is 15.8 Å². The first kappa shape index (κ1) is 18.9. The van der Waals surface area contributed by atoms with E-state index >= 15 is 0 Å². The molecule has 1 N–H and O–H groups in total. The summed E-state index contributed by atoms with van der Waals surface area (Å²) in [7, 11) is 0. The molecule has 1 aliphatic heterocycles. The maximum atomic E-state index is 13.9. The van der Waals surface area contributed by atoms with E-state index in [0.29, 0.717) is 31.9 Å².